The molecule has 0 saturated heterocycles. The first-order valence-corrected chi connectivity index (χ1v) is 10.8. The summed E-state index contributed by atoms with van der Waals surface area (Å²) in [4.78, 5) is 11.3. The number of rotatable bonds is 14. The first-order valence-electron chi connectivity index (χ1n) is 10.8. The van der Waals surface area contributed by atoms with Gasteiger partial charge in [-0.2, -0.15) is 0 Å². The lowest BCUT2D eigenvalue weighted by molar-refractivity contribution is -0.121. The van der Waals surface area contributed by atoms with E-state index in [1.165, 1.54) is 38.5 Å². The zero-order chi connectivity index (χ0) is 19.9. The molecule has 26 heavy (non-hydrogen) atoms. The van der Waals surface area contributed by atoms with Crippen molar-refractivity contribution in [2.24, 2.45) is 0 Å². The highest BCUT2D eigenvalue weighted by Crippen LogP contribution is 2.00. The molecule has 0 unspecified atom stereocenters. The molecule has 1 N–H and O–H groups in total. The van der Waals surface area contributed by atoms with Gasteiger partial charge in [0, 0.05) is 12.5 Å². The normalized spacial score (nSPS) is 11.5. The highest BCUT2D eigenvalue weighted by Gasteiger charge is 2.00. The zero-order valence-corrected chi connectivity index (χ0v) is 18.2. The van der Waals surface area contributed by atoms with Gasteiger partial charge in [0.15, 0.2) is 0 Å². The Morgan fingerprint density at radius 3 is 2.00 bits per heavy atom. The standard InChI is InChI=1S/C14H25NO.C10H20/c1-4-5-6-7-8-9-10-11-12-14(16)15-13(2)3;1-3-5-7-9-10-8-6-4-2/h5-6,8-9,13H,4,7,10-12H2,1-3H3,(H,15,16);7,9H,3-6,8,10H2,1-2H3/b6-5-,9-8-;9-7-. The van der Waals surface area contributed by atoms with Gasteiger partial charge in [0.05, 0.1) is 0 Å². The van der Waals surface area contributed by atoms with E-state index in [0.29, 0.717) is 6.42 Å². The number of hydrogen-bond donors (Lipinski definition) is 1. The average molecular weight is 364 g/mol. The maximum absolute atomic E-state index is 11.3. The molecule has 0 heterocycles. The van der Waals surface area contributed by atoms with E-state index in [0.717, 1.165) is 25.7 Å². The maximum atomic E-state index is 11.3. The van der Waals surface area contributed by atoms with E-state index in [4.69, 9.17) is 0 Å². The highest BCUT2D eigenvalue weighted by atomic mass is 16.1. The summed E-state index contributed by atoms with van der Waals surface area (Å²) in [6.45, 7) is 10.6. The quantitative estimate of drug-likeness (QED) is 0.251. The van der Waals surface area contributed by atoms with E-state index >= 15 is 0 Å². The molecule has 0 bridgehead atoms. The van der Waals surface area contributed by atoms with Crippen molar-refractivity contribution in [1.82, 2.24) is 5.32 Å². The third-order valence-electron chi connectivity index (χ3n) is 3.66. The van der Waals surface area contributed by atoms with Crippen LogP contribution in [0.25, 0.3) is 0 Å². The van der Waals surface area contributed by atoms with Crippen molar-refractivity contribution in [2.45, 2.75) is 111 Å². The van der Waals surface area contributed by atoms with Crippen molar-refractivity contribution < 1.29 is 4.79 Å². The van der Waals surface area contributed by atoms with Gasteiger partial charge in [0.25, 0.3) is 0 Å². The van der Waals surface area contributed by atoms with Crippen LogP contribution in [0.15, 0.2) is 36.5 Å². The molecule has 2 heteroatoms. The average Bonchev–Trinajstić information content (AvgIpc) is 2.60. The summed E-state index contributed by atoms with van der Waals surface area (Å²) in [5, 5.41) is 2.89. The van der Waals surface area contributed by atoms with Crippen LogP contribution in [0.4, 0.5) is 0 Å². The van der Waals surface area contributed by atoms with Gasteiger partial charge in [-0.1, -0.05) is 76.5 Å². The molecule has 0 aromatic carbocycles. The van der Waals surface area contributed by atoms with E-state index in [-0.39, 0.29) is 11.9 Å². The first kappa shape index (κ1) is 26.9. The minimum atomic E-state index is 0.161. The smallest absolute Gasteiger partial charge is 0.220 e. The van der Waals surface area contributed by atoms with Crippen molar-refractivity contribution >= 4 is 5.91 Å². The van der Waals surface area contributed by atoms with Crippen LogP contribution >= 0.6 is 0 Å². The van der Waals surface area contributed by atoms with Gasteiger partial charge in [-0.05, 0) is 58.8 Å². The molecule has 0 aromatic heterocycles. The van der Waals surface area contributed by atoms with Crippen LogP contribution in [0.1, 0.15) is 105 Å². The monoisotopic (exact) mass is 363 g/mol. The second-order valence-electron chi connectivity index (χ2n) is 6.96. The van der Waals surface area contributed by atoms with Crippen molar-refractivity contribution in [3.63, 3.8) is 0 Å². The molecule has 0 aromatic rings. The number of carbonyl (C=O) groups excluding carboxylic acids is 1. The fourth-order valence-electron chi connectivity index (χ4n) is 2.24. The minimum Gasteiger partial charge on any atom is -0.354 e. The van der Waals surface area contributed by atoms with Gasteiger partial charge >= 0.3 is 0 Å². The zero-order valence-electron chi connectivity index (χ0n) is 18.2. The largest absolute Gasteiger partial charge is 0.354 e. The van der Waals surface area contributed by atoms with Crippen molar-refractivity contribution in [3.05, 3.63) is 36.5 Å². The number of allylic oxidation sites excluding steroid dienone is 6. The van der Waals surface area contributed by atoms with E-state index in [9.17, 15) is 4.79 Å². The van der Waals surface area contributed by atoms with Crippen LogP contribution in [0.2, 0.25) is 0 Å². The Morgan fingerprint density at radius 1 is 0.769 bits per heavy atom. The Balaban J connectivity index is 0. The van der Waals surface area contributed by atoms with Crippen molar-refractivity contribution in [3.8, 4) is 0 Å². The molecule has 0 aliphatic heterocycles. The molecular formula is C24H45NO. The lowest BCUT2D eigenvalue weighted by atomic mass is 10.2. The third kappa shape index (κ3) is 27.5. The molecule has 0 saturated carbocycles. The van der Waals surface area contributed by atoms with Gasteiger partial charge in [-0.15, -0.1) is 0 Å². The third-order valence-corrected chi connectivity index (χ3v) is 3.66. The molecule has 0 radical (unpaired) electrons. The van der Waals surface area contributed by atoms with Gasteiger partial charge < -0.3 is 5.32 Å². The first-order chi connectivity index (χ1) is 12.6. The van der Waals surface area contributed by atoms with E-state index < -0.39 is 0 Å². The Labute approximate surface area is 164 Å². The summed E-state index contributed by atoms with van der Waals surface area (Å²) in [7, 11) is 0. The van der Waals surface area contributed by atoms with Crippen molar-refractivity contribution in [1.29, 1.82) is 0 Å². The molecular weight excluding hydrogens is 318 g/mol. The fraction of sp³-hybridized carbons (Fsp3) is 0.708. The molecule has 0 aliphatic rings. The number of amides is 1. The number of hydrogen-bond acceptors (Lipinski definition) is 1. The predicted molar refractivity (Wildman–Crippen MR) is 119 cm³/mol. The van der Waals surface area contributed by atoms with Crippen LogP contribution in [-0.4, -0.2) is 11.9 Å². The van der Waals surface area contributed by atoms with Crippen LogP contribution < -0.4 is 5.32 Å². The van der Waals surface area contributed by atoms with E-state index in [1.54, 1.807) is 0 Å². The molecule has 0 fully saturated rings. The molecule has 0 spiro atoms. The Bertz CT molecular complexity index is 366. The Kier molecular flexibility index (Phi) is 24.5. The molecule has 152 valence electrons. The van der Waals surface area contributed by atoms with Crippen LogP contribution in [0.3, 0.4) is 0 Å². The molecule has 0 rings (SSSR count). The number of nitrogens with one attached hydrogen (secondary N) is 1. The predicted octanol–water partition coefficient (Wildman–Crippen LogP) is 7.52. The summed E-state index contributed by atoms with van der Waals surface area (Å²) < 4.78 is 0. The van der Waals surface area contributed by atoms with Crippen LogP contribution in [0, 0.1) is 0 Å². The van der Waals surface area contributed by atoms with E-state index in [1.807, 2.05) is 13.8 Å². The highest BCUT2D eigenvalue weighted by molar-refractivity contribution is 5.76. The molecule has 0 aliphatic carbocycles. The summed E-state index contributed by atoms with van der Waals surface area (Å²) in [5.41, 5.74) is 0. The SMILES string of the molecule is CC/C=C\C/C=C\CCCC(=O)NC(C)C.CCC/C=C\CCCCC. The summed E-state index contributed by atoms with van der Waals surface area (Å²) in [5.74, 6) is 0.161. The Hall–Kier alpha value is -1.31. The van der Waals surface area contributed by atoms with E-state index in [2.05, 4.69) is 62.5 Å². The minimum absolute atomic E-state index is 0.161. The summed E-state index contributed by atoms with van der Waals surface area (Å²) in [6, 6.07) is 0.252. The van der Waals surface area contributed by atoms with Crippen molar-refractivity contribution in [2.75, 3.05) is 0 Å². The van der Waals surface area contributed by atoms with Gasteiger partial charge in [0.1, 0.15) is 0 Å². The number of unbranched alkanes of at least 4 members (excludes halogenated alkanes) is 5. The van der Waals surface area contributed by atoms with Gasteiger partial charge in [-0.25, -0.2) is 0 Å². The molecule has 1 amide bonds. The second kappa shape index (κ2) is 23.7. The lowest BCUT2D eigenvalue weighted by Crippen LogP contribution is -2.29. The van der Waals surface area contributed by atoms with Gasteiger partial charge in [-0.3, -0.25) is 4.79 Å². The summed E-state index contributed by atoms with van der Waals surface area (Å²) >= 11 is 0. The van der Waals surface area contributed by atoms with Crippen LogP contribution in [-0.2, 0) is 4.79 Å². The van der Waals surface area contributed by atoms with Crippen LogP contribution in [0.5, 0.6) is 0 Å². The lowest BCUT2D eigenvalue weighted by Gasteiger charge is -2.06. The maximum Gasteiger partial charge on any atom is 0.220 e. The fourth-order valence-corrected chi connectivity index (χ4v) is 2.24. The second-order valence-corrected chi connectivity index (χ2v) is 6.96. The summed E-state index contributed by atoms with van der Waals surface area (Å²) in [6.07, 6.45) is 25.9. The number of carbonyl (C=O) groups is 1. The topological polar surface area (TPSA) is 29.1 Å². The van der Waals surface area contributed by atoms with Gasteiger partial charge in [0.2, 0.25) is 5.91 Å². The molecule has 0 atom stereocenters. The molecule has 2 nitrogen and oxygen atoms in total. The Morgan fingerprint density at radius 2 is 1.38 bits per heavy atom.